The summed E-state index contributed by atoms with van der Waals surface area (Å²) in [5, 5.41) is 3.63. The zero-order chi connectivity index (χ0) is 13.6. The molecule has 1 unspecified atom stereocenters. The van der Waals surface area contributed by atoms with Crippen LogP contribution in [-0.2, 0) is 9.47 Å². The minimum absolute atomic E-state index is 0.232. The standard InChI is InChI=1S/C16H24N2O2/c1-2-4-15(5-3-1)18-8-6-14(7-9-18)17-12-16-13-19-10-11-20-16/h1-5,14,16-17H,6-13H2. The molecular formula is C16H24N2O2. The Hall–Kier alpha value is -1.10. The monoisotopic (exact) mass is 276 g/mol. The highest BCUT2D eigenvalue weighted by Crippen LogP contribution is 2.19. The smallest absolute Gasteiger partial charge is 0.0933 e. The maximum atomic E-state index is 5.66. The van der Waals surface area contributed by atoms with Crippen LogP contribution in [0, 0.1) is 0 Å². The first-order valence-corrected chi connectivity index (χ1v) is 7.64. The average molecular weight is 276 g/mol. The molecular weight excluding hydrogens is 252 g/mol. The number of anilines is 1. The molecule has 0 amide bonds. The molecule has 1 aromatic carbocycles. The Morgan fingerprint density at radius 1 is 1.10 bits per heavy atom. The average Bonchev–Trinajstić information content (AvgIpc) is 2.55. The summed E-state index contributed by atoms with van der Waals surface area (Å²) in [5.41, 5.74) is 1.34. The lowest BCUT2D eigenvalue weighted by Gasteiger charge is -2.35. The number of hydrogen-bond donors (Lipinski definition) is 1. The molecule has 2 saturated heterocycles. The van der Waals surface area contributed by atoms with E-state index < -0.39 is 0 Å². The second-order valence-electron chi connectivity index (χ2n) is 5.57. The Morgan fingerprint density at radius 2 is 1.90 bits per heavy atom. The van der Waals surface area contributed by atoms with Gasteiger partial charge in [0.25, 0.3) is 0 Å². The summed E-state index contributed by atoms with van der Waals surface area (Å²) in [6.45, 7) is 5.38. The van der Waals surface area contributed by atoms with Gasteiger partial charge in [-0.3, -0.25) is 0 Å². The van der Waals surface area contributed by atoms with Gasteiger partial charge in [0, 0.05) is 31.4 Å². The van der Waals surface area contributed by atoms with Crippen molar-refractivity contribution in [3.63, 3.8) is 0 Å². The lowest BCUT2D eigenvalue weighted by Crippen LogP contribution is -2.46. The molecule has 2 heterocycles. The molecule has 0 spiro atoms. The maximum absolute atomic E-state index is 5.66. The number of ether oxygens (including phenoxy) is 2. The Labute approximate surface area is 121 Å². The number of benzene rings is 1. The molecule has 0 aromatic heterocycles. The lowest BCUT2D eigenvalue weighted by atomic mass is 10.0. The highest BCUT2D eigenvalue weighted by atomic mass is 16.6. The van der Waals surface area contributed by atoms with E-state index in [1.165, 1.54) is 18.5 Å². The van der Waals surface area contributed by atoms with Crippen molar-refractivity contribution in [3.8, 4) is 0 Å². The van der Waals surface area contributed by atoms with Crippen molar-refractivity contribution in [2.45, 2.75) is 25.0 Å². The number of hydrogen-bond acceptors (Lipinski definition) is 4. The van der Waals surface area contributed by atoms with Crippen LogP contribution in [0.1, 0.15) is 12.8 Å². The van der Waals surface area contributed by atoms with Crippen molar-refractivity contribution in [2.24, 2.45) is 0 Å². The summed E-state index contributed by atoms with van der Waals surface area (Å²) in [4.78, 5) is 2.47. The highest BCUT2D eigenvalue weighted by molar-refractivity contribution is 5.46. The van der Waals surface area contributed by atoms with Gasteiger partial charge in [0.2, 0.25) is 0 Å². The second kappa shape index (κ2) is 7.07. The van der Waals surface area contributed by atoms with E-state index in [9.17, 15) is 0 Å². The fourth-order valence-electron chi connectivity index (χ4n) is 2.93. The molecule has 0 saturated carbocycles. The molecule has 0 radical (unpaired) electrons. The highest BCUT2D eigenvalue weighted by Gasteiger charge is 2.21. The fourth-order valence-corrected chi connectivity index (χ4v) is 2.93. The summed E-state index contributed by atoms with van der Waals surface area (Å²) in [5.74, 6) is 0. The van der Waals surface area contributed by atoms with Crippen LogP contribution in [-0.4, -0.2) is 51.6 Å². The SMILES string of the molecule is c1ccc(N2CCC(NCC3COCCO3)CC2)cc1. The van der Waals surface area contributed by atoms with Crippen molar-refractivity contribution in [3.05, 3.63) is 30.3 Å². The molecule has 4 heteroatoms. The van der Waals surface area contributed by atoms with E-state index >= 15 is 0 Å². The van der Waals surface area contributed by atoms with Crippen LogP contribution < -0.4 is 10.2 Å². The summed E-state index contributed by atoms with van der Waals surface area (Å²) in [7, 11) is 0. The summed E-state index contributed by atoms with van der Waals surface area (Å²) in [6.07, 6.45) is 2.63. The summed E-state index contributed by atoms with van der Waals surface area (Å²) >= 11 is 0. The van der Waals surface area contributed by atoms with Crippen LogP contribution in [0.5, 0.6) is 0 Å². The Bertz CT molecular complexity index is 385. The van der Waals surface area contributed by atoms with Crippen LogP contribution in [0.2, 0.25) is 0 Å². The van der Waals surface area contributed by atoms with E-state index in [2.05, 4.69) is 40.5 Å². The van der Waals surface area contributed by atoms with E-state index in [-0.39, 0.29) is 6.10 Å². The molecule has 4 nitrogen and oxygen atoms in total. The van der Waals surface area contributed by atoms with Gasteiger partial charge in [0.15, 0.2) is 0 Å². The van der Waals surface area contributed by atoms with E-state index in [1.807, 2.05) is 0 Å². The number of piperidine rings is 1. The van der Waals surface area contributed by atoms with Gasteiger partial charge >= 0.3 is 0 Å². The number of rotatable bonds is 4. The molecule has 2 fully saturated rings. The molecule has 0 aliphatic carbocycles. The molecule has 1 atom stereocenters. The quantitative estimate of drug-likeness (QED) is 0.907. The maximum Gasteiger partial charge on any atom is 0.0933 e. The minimum atomic E-state index is 0.232. The van der Waals surface area contributed by atoms with Crippen LogP contribution >= 0.6 is 0 Å². The van der Waals surface area contributed by atoms with Crippen LogP contribution in [0.25, 0.3) is 0 Å². The van der Waals surface area contributed by atoms with Gasteiger partial charge in [-0.25, -0.2) is 0 Å². The zero-order valence-corrected chi connectivity index (χ0v) is 12.0. The molecule has 0 bridgehead atoms. The normalized spacial score (nSPS) is 24.8. The number of nitrogens with zero attached hydrogens (tertiary/aromatic N) is 1. The fraction of sp³-hybridized carbons (Fsp3) is 0.625. The van der Waals surface area contributed by atoms with Crippen molar-refractivity contribution < 1.29 is 9.47 Å². The van der Waals surface area contributed by atoms with Crippen LogP contribution in [0.3, 0.4) is 0 Å². The largest absolute Gasteiger partial charge is 0.376 e. The van der Waals surface area contributed by atoms with Gasteiger partial charge in [0.05, 0.1) is 25.9 Å². The predicted molar refractivity (Wildman–Crippen MR) is 80.2 cm³/mol. The van der Waals surface area contributed by atoms with E-state index in [1.54, 1.807) is 0 Å². The molecule has 20 heavy (non-hydrogen) atoms. The van der Waals surface area contributed by atoms with Crippen molar-refractivity contribution >= 4 is 5.69 Å². The molecule has 2 aliphatic rings. The molecule has 1 N–H and O–H groups in total. The first-order valence-electron chi connectivity index (χ1n) is 7.64. The van der Waals surface area contributed by atoms with Gasteiger partial charge in [-0.05, 0) is 25.0 Å². The molecule has 2 aliphatic heterocycles. The second-order valence-corrected chi connectivity index (χ2v) is 5.57. The summed E-state index contributed by atoms with van der Waals surface area (Å²) < 4.78 is 11.1. The van der Waals surface area contributed by atoms with Gasteiger partial charge in [-0.15, -0.1) is 0 Å². The Kier molecular flexibility index (Phi) is 4.90. The third-order valence-electron chi connectivity index (χ3n) is 4.14. The van der Waals surface area contributed by atoms with Crippen molar-refractivity contribution in [2.75, 3.05) is 44.4 Å². The third kappa shape index (κ3) is 3.72. The van der Waals surface area contributed by atoms with Crippen LogP contribution in [0.15, 0.2) is 30.3 Å². The van der Waals surface area contributed by atoms with Crippen molar-refractivity contribution in [1.29, 1.82) is 0 Å². The number of nitrogens with one attached hydrogen (secondary N) is 1. The first kappa shape index (κ1) is 13.9. The molecule has 1 aromatic rings. The minimum Gasteiger partial charge on any atom is -0.376 e. The number of para-hydroxylation sites is 1. The first-order chi connectivity index (χ1) is 9.92. The zero-order valence-electron chi connectivity index (χ0n) is 12.0. The Balaban J connectivity index is 1.40. The van der Waals surface area contributed by atoms with Gasteiger partial charge in [-0.2, -0.15) is 0 Å². The topological polar surface area (TPSA) is 33.7 Å². The third-order valence-corrected chi connectivity index (χ3v) is 4.14. The van der Waals surface area contributed by atoms with Crippen molar-refractivity contribution in [1.82, 2.24) is 5.32 Å². The van der Waals surface area contributed by atoms with Gasteiger partial charge < -0.3 is 19.7 Å². The van der Waals surface area contributed by atoms with Crippen LogP contribution in [0.4, 0.5) is 5.69 Å². The van der Waals surface area contributed by atoms with E-state index in [0.717, 1.165) is 39.5 Å². The lowest BCUT2D eigenvalue weighted by molar-refractivity contribution is -0.0872. The molecule has 3 rings (SSSR count). The van der Waals surface area contributed by atoms with Gasteiger partial charge in [0.1, 0.15) is 0 Å². The van der Waals surface area contributed by atoms with E-state index in [4.69, 9.17) is 9.47 Å². The summed E-state index contributed by atoms with van der Waals surface area (Å²) in [6, 6.07) is 11.3. The molecule has 110 valence electrons. The predicted octanol–water partition coefficient (Wildman–Crippen LogP) is 1.66. The van der Waals surface area contributed by atoms with E-state index in [0.29, 0.717) is 6.04 Å². The van der Waals surface area contributed by atoms with Gasteiger partial charge in [-0.1, -0.05) is 18.2 Å². The Morgan fingerprint density at radius 3 is 2.60 bits per heavy atom.